The number of phenolic OH excluding ortho intramolecular Hbond substituents is 1. The minimum Gasteiger partial charge on any atom is -0.506 e. The number of likely N-dealkylation sites (N-methyl/N-ethyl adjacent to an activating group) is 1. The molecule has 2 heterocycles. The van der Waals surface area contributed by atoms with Gasteiger partial charge in [0.2, 0.25) is 11.5 Å². The van der Waals surface area contributed by atoms with Crippen LogP contribution < -0.4 is 16.2 Å². The smallest absolute Gasteiger partial charge is 0.411 e. The van der Waals surface area contributed by atoms with Crippen LogP contribution in [0.25, 0.3) is 22.0 Å². The molecule has 1 aromatic heterocycles. The third kappa shape index (κ3) is 10.5. The summed E-state index contributed by atoms with van der Waals surface area (Å²) in [5.41, 5.74) is 5.78. The number of aromatic amines is 1. The van der Waals surface area contributed by atoms with Crippen molar-refractivity contribution < 1.29 is 29.3 Å². The SMILES string of the molecule is CN(CCNC[C@H](O)c1ccc(O)c2[nH]c(=O)ccc12)C(=O)CCOCCc1ccc(CN2C[C@H]3C[C@H](OC(=O)Nc4ccccc4-c4ccccc4)C[C@H]3C2)cc1. The molecule has 1 saturated heterocycles. The number of likely N-dealkylation sites (tertiary alicyclic amines) is 1. The lowest BCUT2D eigenvalue weighted by Crippen LogP contribution is -2.35. The van der Waals surface area contributed by atoms with Crippen LogP contribution in [0.3, 0.4) is 0 Å². The first-order valence-corrected chi connectivity index (χ1v) is 20.2. The van der Waals surface area contributed by atoms with E-state index >= 15 is 0 Å². The largest absolute Gasteiger partial charge is 0.506 e. The molecule has 0 radical (unpaired) electrons. The molecule has 12 heteroatoms. The summed E-state index contributed by atoms with van der Waals surface area (Å²) in [6.07, 6.45) is 1.53. The average molecular weight is 788 g/mol. The Kier molecular flexibility index (Phi) is 13.5. The van der Waals surface area contributed by atoms with Crippen molar-refractivity contribution >= 4 is 28.6 Å². The van der Waals surface area contributed by atoms with Gasteiger partial charge in [-0.3, -0.25) is 19.8 Å². The number of hydrogen-bond acceptors (Lipinski definition) is 9. The zero-order valence-electron chi connectivity index (χ0n) is 32.9. The van der Waals surface area contributed by atoms with Crippen molar-refractivity contribution in [2.45, 2.75) is 44.4 Å². The number of H-pyrrole nitrogens is 1. The van der Waals surface area contributed by atoms with Crippen LogP contribution >= 0.6 is 0 Å². The molecule has 2 amide bonds. The number of benzene rings is 4. The number of aromatic nitrogens is 1. The fourth-order valence-electron chi connectivity index (χ4n) is 8.30. The monoisotopic (exact) mass is 787 g/mol. The molecule has 2 fully saturated rings. The van der Waals surface area contributed by atoms with E-state index in [0.29, 0.717) is 54.6 Å². The Morgan fingerprint density at radius 3 is 2.40 bits per heavy atom. The number of carbonyl (C=O) groups excluding carboxylic acids is 2. The number of ether oxygens (including phenoxy) is 2. The van der Waals surface area contributed by atoms with Gasteiger partial charge in [0.25, 0.3) is 0 Å². The Balaban J connectivity index is 0.743. The lowest BCUT2D eigenvalue weighted by atomic mass is 10.0. The van der Waals surface area contributed by atoms with Gasteiger partial charge in [-0.2, -0.15) is 0 Å². The summed E-state index contributed by atoms with van der Waals surface area (Å²) in [4.78, 5) is 44.0. The number of aliphatic hydroxyl groups excluding tert-OH is 1. The van der Waals surface area contributed by atoms with Crippen molar-refractivity contribution in [2.75, 3.05) is 58.3 Å². The molecule has 1 saturated carbocycles. The Morgan fingerprint density at radius 1 is 0.897 bits per heavy atom. The number of hydrogen-bond donors (Lipinski definition) is 5. The highest BCUT2D eigenvalue weighted by atomic mass is 16.6. The molecule has 4 aromatic carbocycles. The van der Waals surface area contributed by atoms with E-state index < -0.39 is 12.2 Å². The summed E-state index contributed by atoms with van der Waals surface area (Å²) in [5, 5.41) is 27.6. The minimum atomic E-state index is -0.862. The van der Waals surface area contributed by atoms with Gasteiger partial charge in [0, 0.05) is 63.3 Å². The number of pyridine rings is 1. The molecule has 5 N–H and O–H groups in total. The highest BCUT2D eigenvalue weighted by molar-refractivity contribution is 5.91. The predicted octanol–water partition coefficient (Wildman–Crippen LogP) is 6.09. The number of nitrogens with one attached hydrogen (secondary N) is 3. The maximum Gasteiger partial charge on any atom is 0.411 e. The van der Waals surface area contributed by atoms with Crippen molar-refractivity contribution in [3.05, 3.63) is 130 Å². The number of aliphatic hydroxyl groups is 1. The fourth-order valence-corrected chi connectivity index (χ4v) is 8.30. The van der Waals surface area contributed by atoms with Gasteiger partial charge in [0.05, 0.1) is 36.9 Å². The molecule has 7 rings (SSSR count). The van der Waals surface area contributed by atoms with E-state index in [1.807, 2.05) is 54.6 Å². The van der Waals surface area contributed by atoms with E-state index in [4.69, 9.17) is 9.47 Å². The molecule has 0 spiro atoms. The lowest BCUT2D eigenvalue weighted by Gasteiger charge is -2.20. The first kappa shape index (κ1) is 40.7. The van der Waals surface area contributed by atoms with Crippen molar-refractivity contribution in [1.29, 1.82) is 0 Å². The number of carbonyl (C=O) groups is 2. The van der Waals surface area contributed by atoms with Crippen LogP contribution in [0.1, 0.15) is 42.1 Å². The van der Waals surface area contributed by atoms with E-state index in [2.05, 4.69) is 44.8 Å². The van der Waals surface area contributed by atoms with Gasteiger partial charge >= 0.3 is 6.09 Å². The molecule has 0 unspecified atom stereocenters. The second-order valence-corrected chi connectivity index (χ2v) is 15.5. The number of amides is 2. The number of nitrogens with zero attached hydrogens (tertiary/aromatic N) is 2. The Hall–Kier alpha value is -5.53. The second-order valence-electron chi connectivity index (χ2n) is 15.5. The van der Waals surface area contributed by atoms with Crippen molar-refractivity contribution in [1.82, 2.24) is 20.1 Å². The molecule has 1 aliphatic heterocycles. The standard InChI is InChI=1S/C46H53N5O7/c1-50(22-21-47-27-42(53)38-15-17-41(52)45-39(38)16-18-43(54)49-45)44(55)20-24-57-23-19-31-11-13-32(14-12-31)28-51-29-34-25-36(26-35(34)30-51)58-46(56)48-40-10-6-5-9-37(40)33-7-3-2-4-8-33/h2-18,34-36,42,47,52-53H,19-30H2,1H3,(H,48,56)(H,49,54)/t34-,35+,36+,42-/m0/s1. The second kappa shape index (κ2) is 19.3. The first-order chi connectivity index (χ1) is 28.2. The van der Waals surface area contributed by atoms with Gasteiger partial charge in [-0.05, 0) is 71.6 Å². The summed E-state index contributed by atoms with van der Waals surface area (Å²) in [5.74, 6) is 0.992. The summed E-state index contributed by atoms with van der Waals surface area (Å²) in [7, 11) is 1.75. The third-order valence-corrected chi connectivity index (χ3v) is 11.4. The minimum absolute atomic E-state index is 0.0135. The summed E-state index contributed by atoms with van der Waals surface area (Å²) < 4.78 is 11.7. The molecule has 58 heavy (non-hydrogen) atoms. The number of fused-ring (bicyclic) bond motifs is 2. The maximum atomic E-state index is 12.9. The van der Waals surface area contributed by atoms with Crippen LogP contribution in [0.2, 0.25) is 0 Å². The highest BCUT2D eigenvalue weighted by Gasteiger charge is 2.42. The first-order valence-electron chi connectivity index (χ1n) is 20.2. The number of aromatic hydroxyl groups is 1. The quantitative estimate of drug-likeness (QED) is 0.0705. The van der Waals surface area contributed by atoms with Gasteiger partial charge in [-0.15, -0.1) is 0 Å². The van der Waals surface area contributed by atoms with Gasteiger partial charge in [-0.1, -0.05) is 78.9 Å². The fraction of sp³-hybridized carbons (Fsp3) is 0.370. The van der Waals surface area contributed by atoms with E-state index in [-0.39, 0.29) is 36.3 Å². The highest BCUT2D eigenvalue weighted by Crippen LogP contribution is 2.40. The third-order valence-electron chi connectivity index (χ3n) is 11.4. The topological polar surface area (TPSA) is 156 Å². The van der Waals surface area contributed by atoms with Gasteiger partial charge in [0.1, 0.15) is 11.9 Å². The number of anilines is 1. The summed E-state index contributed by atoms with van der Waals surface area (Å²) in [6, 6.07) is 32.5. The molecule has 0 bridgehead atoms. The molecule has 5 aromatic rings. The van der Waals surface area contributed by atoms with E-state index in [0.717, 1.165) is 55.7 Å². The lowest BCUT2D eigenvalue weighted by molar-refractivity contribution is -0.131. The van der Waals surface area contributed by atoms with E-state index in [1.165, 1.54) is 23.3 Å². The average Bonchev–Trinajstić information content (AvgIpc) is 3.78. The molecule has 4 atom stereocenters. The molecular formula is C46H53N5O7. The normalized spacial score (nSPS) is 18.2. The molecule has 12 nitrogen and oxygen atoms in total. The summed E-state index contributed by atoms with van der Waals surface area (Å²) >= 11 is 0. The van der Waals surface area contributed by atoms with Crippen molar-refractivity contribution in [3.63, 3.8) is 0 Å². The molecular weight excluding hydrogens is 735 g/mol. The zero-order valence-corrected chi connectivity index (χ0v) is 32.9. The number of phenols is 1. The Bertz CT molecular complexity index is 2200. The molecule has 304 valence electrons. The maximum absolute atomic E-state index is 12.9. The van der Waals surface area contributed by atoms with Crippen molar-refractivity contribution in [2.24, 2.45) is 11.8 Å². The zero-order chi connectivity index (χ0) is 40.4. The van der Waals surface area contributed by atoms with Crippen LogP contribution in [0, 0.1) is 11.8 Å². The van der Waals surface area contributed by atoms with E-state index in [9.17, 15) is 24.6 Å². The summed E-state index contributed by atoms with van der Waals surface area (Å²) in [6.45, 7) is 5.01. The molecule has 2 aliphatic rings. The van der Waals surface area contributed by atoms with Crippen LogP contribution in [0.4, 0.5) is 10.5 Å². The Labute approximate surface area is 338 Å². The van der Waals surface area contributed by atoms with Gasteiger partial charge < -0.3 is 34.9 Å². The van der Waals surface area contributed by atoms with Crippen LogP contribution in [0.15, 0.2) is 108 Å². The van der Waals surface area contributed by atoms with Gasteiger partial charge in [0.15, 0.2) is 0 Å². The van der Waals surface area contributed by atoms with E-state index in [1.54, 1.807) is 24.1 Å². The van der Waals surface area contributed by atoms with Crippen LogP contribution in [-0.2, 0) is 27.2 Å². The number of rotatable bonds is 17. The molecule has 1 aliphatic carbocycles. The van der Waals surface area contributed by atoms with Crippen molar-refractivity contribution in [3.8, 4) is 16.9 Å². The number of para-hydroxylation sites is 1. The van der Waals surface area contributed by atoms with Crippen LogP contribution in [0.5, 0.6) is 5.75 Å². The van der Waals surface area contributed by atoms with Gasteiger partial charge in [-0.25, -0.2) is 4.79 Å². The Morgan fingerprint density at radius 2 is 1.62 bits per heavy atom. The predicted molar refractivity (Wildman–Crippen MR) is 225 cm³/mol. The van der Waals surface area contributed by atoms with Crippen LogP contribution in [-0.4, -0.2) is 96.1 Å².